The smallest absolute Gasteiger partial charge is 0.177 e. The molecule has 1 saturated heterocycles. The maximum absolute atomic E-state index is 9.69. The number of pyridine rings is 1. The molecule has 8 heteroatoms. The number of ether oxygens (including phenoxy) is 1. The van der Waals surface area contributed by atoms with Gasteiger partial charge in [-0.2, -0.15) is 5.10 Å². The van der Waals surface area contributed by atoms with Crippen molar-refractivity contribution in [1.29, 1.82) is 0 Å². The summed E-state index contributed by atoms with van der Waals surface area (Å²) in [5.41, 5.74) is 4.46. The van der Waals surface area contributed by atoms with E-state index in [9.17, 15) is 5.11 Å². The van der Waals surface area contributed by atoms with Crippen molar-refractivity contribution < 1.29 is 9.84 Å². The Hall–Kier alpha value is -3.49. The monoisotopic (exact) mass is 444 g/mol. The summed E-state index contributed by atoms with van der Waals surface area (Å²) in [7, 11) is 1.71. The molecule has 3 aromatic heterocycles. The number of anilines is 3. The largest absolute Gasteiger partial charge is 0.394 e. The van der Waals surface area contributed by atoms with E-state index >= 15 is 0 Å². The number of methoxy groups -OCH3 is 1. The number of benzene rings is 1. The summed E-state index contributed by atoms with van der Waals surface area (Å²) in [4.78, 5) is 11.5. The van der Waals surface area contributed by atoms with E-state index in [-0.39, 0.29) is 18.8 Å². The molecule has 2 unspecified atom stereocenters. The second-order valence-corrected chi connectivity index (χ2v) is 8.32. The fourth-order valence-electron chi connectivity index (χ4n) is 4.35. The van der Waals surface area contributed by atoms with Crippen LogP contribution in [0.15, 0.2) is 60.9 Å². The minimum atomic E-state index is -0.000190. The molecule has 170 valence electrons. The van der Waals surface area contributed by atoms with Crippen molar-refractivity contribution in [2.24, 2.45) is 0 Å². The molecule has 1 aromatic carbocycles. The van der Waals surface area contributed by atoms with Gasteiger partial charge in [0.25, 0.3) is 0 Å². The van der Waals surface area contributed by atoms with Crippen LogP contribution in [0.25, 0.3) is 16.9 Å². The van der Waals surface area contributed by atoms with E-state index in [2.05, 4.69) is 27.3 Å². The molecule has 4 aromatic rings. The van der Waals surface area contributed by atoms with Gasteiger partial charge in [0.2, 0.25) is 0 Å². The average Bonchev–Trinajstić information content (AvgIpc) is 3.53. The highest BCUT2D eigenvalue weighted by atomic mass is 16.5. The Bertz CT molecular complexity index is 1260. The standard InChI is InChI=1S/C25H28N6O2/c1-17(33-2)18-6-3-7-19(14-18)21-15-22(25-26-11-13-31(25)29-21)27-23-9-4-10-24(28-23)30-12-5-8-20(30)16-32/h3-4,6-7,9-11,13-15,17,20,32H,5,8,12,16H2,1-2H3,(H,27,28). The lowest BCUT2D eigenvalue weighted by atomic mass is 10.0. The predicted molar refractivity (Wildman–Crippen MR) is 129 cm³/mol. The third kappa shape index (κ3) is 4.27. The second kappa shape index (κ2) is 9.17. The third-order valence-electron chi connectivity index (χ3n) is 6.24. The second-order valence-electron chi connectivity index (χ2n) is 8.32. The molecule has 0 bridgehead atoms. The maximum Gasteiger partial charge on any atom is 0.177 e. The van der Waals surface area contributed by atoms with E-state index in [0.717, 1.165) is 59.2 Å². The van der Waals surface area contributed by atoms with Gasteiger partial charge in [0.15, 0.2) is 5.65 Å². The highest BCUT2D eigenvalue weighted by molar-refractivity contribution is 5.77. The highest BCUT2D eigenvalue weighted by Crippen LogP contribution is 2.29. The number of fused-ring (bicyclic) bond motifs is 1. The van der Waals surface area contributed by atoms with Gasteiger partial charge >= 0.3 is 0 Å². The fraction of sp³-hybridized carbons (Fsp3) is 0.320. The minimum absolute atomic E-state index is 0.000190. The van der Waals surface area contributed by atoms with Crippen LogP contribution in [0.5, 0.6) is 0 Å². The molecule has 0 saturated carbocycles. The molecule has 4 heterocycles. The number of imidazole rings is 1. The minimum Gasteiger partial charge on any atom is -0.394 e. The van der Waals surface area contributed by atoms with Gasteiger partial charge in [-0.1, -0.05) is 24.3 Å². The average molecular weight is 445 g/mol. The zero-order valence-electron chi connectivity index (χ0n) is 18.8. The molecule has 5 rings (SSSR count). The van der Waals surface area contributed by atoms with E-state index in [0.29, 0.717) is 0 Å². The number of hydrogen-bond acceptors (Lipinski definition) is 7. The van der Waals surface area contributed by atoms with E-state index < -0.39 is 0 Å². The molecule has 0 aliphatic carbocycles. The first-order chi connectivity index (χ1) is 16.2. The Morgan fingerprint density at radius 3 is 2.94 bits per heavy atom. The van der Waals surface area contributed by atoms with E-state index in [1.165, 1.54) is 0 Å². The molecular formula is C25H28N6O2. The van der Waals surface area contributed by atoms with E-state index in [4.69, 9.17) is 14.8 Å². The number of aliphatic hydroxyl groups excluding tert-OH is 1. The predicted octanol–water partition coefficient (Wildman–Crippen LogP) is 4.20. The van der Waals surface area contributed by atoms with Crippen molar-refractivity contribution in [3.05, 3.63) is 66.5 Å². The van der Waals surface area contributed by atoms with Gasteiger partial charge in [0.05, 0.1) is 30.1 Å². The lowest BCUT2D eigenvalue weighted by Crippen LogP contribution is -2.32. The van der Waals surface area contributed by atoms with Crippen molar-refractivity contribution >= 4 is 23.0 Å². The Kier molecular flexibility index (Phi) is 5.93. The first-order valence-corrected chi connectivity index (χ1v) is 11.3. The van der Waals surface area contributed by atoms with Crippen LogP contribution in [0, 0.1) is 0 Å². The molecule has 2 N–H and O–H groups in total. The van der Waals surface area contributed by atoms with Crippen LogP contribution in [0.3, 0.4) is 0 Å². The first kappa shape index (κ1) is 21.4. The van der Waals surface area contributed by atoms with Gasteiger partial charge < -0.3 is 20.1 Å². The lowest BCUT2D eigenvalue weighted by molar-refractivity contribution is 0.119. The summed E-state index contributed by atoms with van der Waals surface area (Å²) >= 11 is 0. The summed E-state index contributed by atoms with van der Waals surface area (Å²) in [6.45, 7) is 3.07. The van der Waals surface area contributed by atoms with Gasteiger partial charge in [-0.05, 0) is 49.6 Å². The maximum atomic E-state index is 9.69. The number of aliphatic hydroxyl groups is 1. The van der Waals surface area contributed by atoms with Crippen molar-refractivity contribution in [2.45, 2.75) is 31.9 Å². The normalized spacial score (nSPS) is 16.9. The van der Waals surface area contributed by atoms with Crippen molar-refractivity contribution in [2.75, 3.05) is 30.5 Å². The van der Waals surface area contributed by atoms with Crippen LogP contribution in [-0.2, 0) is 4.74 Å². The number of hydrogen-bond donors (Lipinski definition) is 2. The summed E-state index contributed by atoms with van der Waals surface area (Å²) in [6, 6.07) is 16.3. The summed E-state index contributed by atoms with van der Waals surface area (Å²) in [5, 5.41) is 17.9. The summed E-state index contributed by atoms with van der Waals surface area (Å²) in [6.07, 6.45) is 5.62. The van der Waals surface area contributed by atoms with Crippen LogP contribution in [0.1, 0.15) is 31.4 Å². The van der Waals surface area contributed by atoms with Gasteiger partial charge in [-0.25, -0.2) is 14.5 Å². The Morgan fingerprint density at radius 1 is 1.21 bits per heavy atom. The Morgan fingerprint density at radius 2 is 2.09 bits per heavy atom. The van der Waals surface area contributed by atoms with Crippen LogP contribution in [-0.4, -0.2) is 51.0 Å². The molecule has 0 radical (unpaired) electrons. The first-order valence-electron chi connectivity index (χ1n) is 11.3. The van der Waals surface area contributed by atoms with Crippen LogP contribution in [0.2, 0.25) is 0 Å². The SMILES string of the molecule is COC(C)c1cccc(-c2cc(Nc3cccc(N4CCCC4CO)n3)c3nccn3n2)c1. The van der Waals surface area contributed by atoms with Crippen molar-refractivity contribution in [1.82, 2.24) is 19.6 Å². The van der Waals surface area contributed by atoms with Crippen LogP contribution >= 0.6 is 0 Å². The van der Waals surface area contributed by atoms with Crippen molar-refractivity contribution in [3.8, 4) is 11.3 Å². The number of aromatic nitrogens is 4. The highest BCUT2D eigenvalue weighted by Gasteiger charge is 2.25. The molecule has 33 heavy (non-hydrogen) atoms. The Balaban J connectivity index is 1.50. The zero-order valence-corrected chi connectivity index (χ0v) is 18.8. The summed E-state index contributed by atoms with van der Waals surface area (Å²) < 4.78 is 7.25. The van der Waals surface area contributed by atoms with Crippen molar-refractivity contribution in [3.63, 3.8) is 0 Å². The molecule has 1 aliphatic heterocycles. The van der Waals surface area contributed by atoms with Crippen LogP contribution < -0.4 is 10.2 Å². The third-order valence-corrected chi connectivity index (χ3v) is 6.24. The number of nitrogens with one attached hydrogen (secondary N) is 1. The number of nitrogens with zero attached hydrogens (tertiary/aromatic N) is 5. The van der Waals surface area contributed by atoms with Crippen LogP contribution in [0.4, 0.5) is 17.3 Å². The molecular weight excluding hydrogens is 416 g/mol. The molecule has 0 amide bonds. The lowest BCUT2D eigenvalue weighted by Gasteiger charge is -2.24. The molecule has 1 aliphatic rings. The zero-order chi connectivity index (χ0) is 22.8. The van der Waals surface area contributed by atoms with Gasteiger partial charge in [0.1, 0.15) is 11.6 Å². The van der Waals surface area contributed by atoms with Gasteiger partial charge in [-0.3, -0.25) is 0 Å². The molecule has 0 spiro atoms. The van der Waals surface area contributed by atoms with E-state index in [1.54, 1.807) is 17.8 Å². The number of rotatable bonds is 7. The Labute approximate surface area is 192 Å². The summed E-state index contributed by atoms with van der Waals surface area (Å²) in [5.74, 6) is 1.59. The molecule has 2 atom stereocenters. The van der Waals surface area contributed by atoms with Gasteiger partial charge in [-0.15, -0.1) is 0 Å². The molecule has 1 fully saturated rings. The quantitative estimate of drug-likeness (QED) is 0.442. The molecule has 8 nitrogen and oxygen atoms in total. The van der Waals surface area contributed by atoms with Gasteiger partial charge in [0, 0.05) is 31.6 Å². The topological polar surface area (TPSA) is 87.8 Å². The fourth-order valence-corrected chi connectivity index (χ4v) is 4.35. The van der Waals surface area contributed by atoms with E-state index in [1.807, 2.05) is 49.5 Å².